The minimum atomic E-state index is -1.63. The van der Waals surface area contributed by atoms with Gasteiger partial charge >= 0.3 is 11.9 Å². The van der Waals surface area contributed by atoms with Gasteiger partial charge in [0.05, 0.1) is 18.9 Å². The molecule has 9 N–H and O–H groups in total. The number of benzene rings is 1. The van der Waals surface area contributed by atoms with Crippen LogP contribution in [-0.4, -0.2) is 69.9 Å². The van der Waals surface area contributed by atoms with Gasteiger partial charge in [-0.2, -0.15) is 0 Å². The zero-order valence-corrected chi connectivity index (χ0v) is 20.1. The highest BCUT2D eigenvalue weighted by atomic mass is 16.4. The number of nitrogens with two attached hydrogens (primary N) is 2. The van der Waals surface area contributed by atoms with Gasteiger partial charge in [-0.25, -0.2) is 4.79 Å². The molecule has 0 aliphatic heterocycles. The quantitative estimate of drug-likeness (QED) is 0.146. The lowest BCUT2D eigenvalue weighted by atomic mass is 9.98. The van der Waals surface area contributed by atoms with Crippen LogP contribution >= 0.6 is 0 Å². The molecule has 0 bridgehead atoms. The molecule has 0 aliphatic rings. The fourth-order valence-corrected chi connectivity index (χ4v) is 3.24. The first kappa shape index (κ1) is 30.0. The van der Waals surface area contributed by atoms with E-state index in [0.717, 1.165) is 0 Å². The molecule has 1 aromatic rings. The summed E-state index contributed by atoms with van der Waals surface area (Å²) < 4.78 is 0. The van der Waals surface area contributed by atoms with Crippen molar-refractivity contribution >= 4 is 35.6 Å². The second-order valence-electron chi connectivity index (χ2n) is 8.40. The van der Waals surface area contributed by atoms with E-state index < -0.39 is 78.5 Å². The first-order valence-corrected chi connectivity index (χ1v) is 11.3. The number of carboxylic acid groups (broad SMARTS) is 2. The molecule has 36 heavy (non-hydrogen) atoms. The van der Waals surface area contributed by atoms with E-state index in [1.165, 1.54) is 0 Å². The third-order valence-corrected chi connectivity index (χ3v) is 5.46. The van der Waals surface area contributed by atoms with Crippen LogP contribution in [0, 0.1) is 5.92 Å². The van der Waals surface area contributed by atoms with E-state index in [4.69, 9.17) is 11.5 Å². The largest absolute Gasteiger partial charge is 0.481 e. The first-order chi connectivity index (χ1) is 16.8. The third-order valence-electron chi connectivity index (χ3n) is 5.46. The molecular formula is C23H33N5O8. The van der Waals surface area contributed by atoms with Crippen LogP contribution < -0.4 is 27.4 Å². The molecule has 5 unspecified atom stereocenters. The van der Waals surface area contributed by atoms with Crippen molar-refractivity contribution in [1.29, 1.82) is 0 Å². The molecule has 5 atom stereocenters. The highest BCUT2D eigenvalue weighted by Gasteiger charge is 2.33. The van der Waals surface area contributed by atoms with Crippen LogP contribution in [0.1, 0.15) is 38.7 Å². The molecule has 0 aromatic heterocycles. The van der Waals surface area contributed by atoms with E-state index in [1.54, 1.807) is 44.2 Å². The van der Waals surface area contributed by atoms with Crippen LogP contribution in [0.2, 0.25) is 0 Å². The number of carbonyl (C=O) groups excluding carboxylic acids is 4. The number of hydrogen-bond donors (Lipinski definition) is 7. The summed E-state index contributed by atoms with van der Waals surface area (Å²) in [7, 11) is 0. The van der Waals surface area contributed by atoms with Crippen molar-refractivity contribution < 1.29 is 39.0 Å². The highest BCUT2D eigenvalue weighted by molar-refractivity contribution is 5.96. The Hall–Kier alpha value is -4.00. The van der Waals surface area contributed by atoms with Crippen molar-refractivity contribution in [1.82, 2.24) is 16.0 Å². The number of carboxylic acids is 2. The summed E-state index contributed by atoms with van der Waals surface area (Å²) in [6, 6.07) is 2.97. The molecular weight excluding hydrogens is 474 g/mol. The third kappa shape index (κ3) is 10.1. The Labute approximate surface area is 208 Å². The molecule has 0 heterocycles. The molecule has 13 nitrogen and oxygen atoms in total. The van der Waals surface area contributed by atoms with Gasteiger partial charge < -0.3 is 37.6 Å². The Kier molecular flexibility index (Phi) is 12.0. The van der Waals surface area contributed by atoms with Crippen LogP contribution in [0.15, 0.2) is 30.3 Å². The lowest BCUT2D eigenvalue weighted by Crippen LogP contribution is -2.58. The van der Waals surface area contributed by atoms with Gasteiger partial charge in [0.1, 0.15) is 18.1 Å². The Morgan fingerprint density at radius 3 is 1.92 bits per heavy atom. The van der Waals surface area contributed by atoms with E-state index in [9.17, 15) is 39.0 Å². The lowest BCUT2D eigenvalue weighted by Gasteiger charge is -2.26. The number of primary amides is 1. The van der Waals surface area contributed by atoms with Gasteiger partial charge in [-0.15, -0.1) is 0 Å². The molecule has 0 aliphatic carbocycles. The molecule has 0 radical (unpaired) electrons. The van der Waals surface area contributed by atoms with Crippen LogP contribution in [0.25, 0.3) is 0 Å². The molecule has 1 rings (SSSR count). The van der Waals surface area contributed by atoms with Crippen LogP contribution in [0.5, 0.6) is 0 Å². The van der Waals surface area contributed by atoms with Crippen LogP contribution in [0.4, 0.5) is 0 Å². The summed E-state index contributed by atoms with van der Waals surface area (Å²) in [5, 5.41) is 25.7. The van der Waals surface area contributed by atoms with Gasteiger partial charge in [0.2, 0.25) is 23.6 Å². The fourth-order valence-electron chi connectivity index (χ4n) is 3.24. The van der Waals surface area contributed by atoms with E-state index in [-0.39, 0.29) is 6.42 Å². The second kappa shape index (κ2) is 14.4. The number of hydrogen-bond acceptors (Lipinski definition) is 7. The van der Waals surface area contributed by atoms with Gasteiger partial charge in [-0.05, 0) is 11.5 Å². The first-order valence-electron chi connectivity index (χ1n) is 11.3. The number of amides is 4. The average Bonchev–Trinajstić information content (AvgIpc) is 2.80. The summed E-state index contributed by atoms with van der Waals surface area (Å²) in [4.78, 5) is 72.2. The summed E-state index contributed by atoms with van der Waals surface area (Å²) in [6.45, 7) is 3.41. The van der Waals surface area contributed by atoms with Crippen molar-refractivity contribution in [3.8, 4) is 0 Å². The van der Waals surface area contributed by atoms with Crippen molar-refractivity contribution in [2.75, 3.05) is 0 Å². The predicted molar refractivity (Wildman–Crippen MR) is 127 cm³/mol. The van der Waals surface area contributed by atoms with Gasteiger partial charge in [0, 0.05) is 6.42 Å². The van der Waals surface area contributed by atoms with Crippen molar-refractivity contribution in [2.45, 2.75) is 63.7 Å². The number of rotatable bonds is 15. The Bertz CT molecular complexity index is 955. The van der Waals surface area contributed by atoms with Crippen molar-refractivity contribution in [3.05, 3.63) is 35.9 Å². The number of carbonyl (C=O) groups is 6. The maximum Gasteiger partial charge on any atom is 0.326 e. The standard InChI is InChI=1S/C23H33N5O8/c1-3-12(2)19(23(35)36)28-22(34)15(9-13-7-5-4-6-8-13)27-21(33)16(11-18(30)31)26-20(32)14(24)10-17(25)29/h4-8,12,14-16,19H,3,9-11,24H2,1-2H3,(H2,25,29)(H,26,32)(H,27,33)(H,28,34)(H,30,31)(H,35,36). The SMILES string of the molecule is CCC(C)C(NC(=O)C(Cc1ccccc1)NC(=O)C(CC(=O)O)NC(=O)C(N)CC(N)=O)C(=O)O. The van der Waals surface area contributed by atoms with Gasteiger partial charge in [0.25, 0.3) is 0 Å². The normalized spacial score (nSPS) is 14.9. The van der Waals surface area contributed by atoms with E-state index in [2.05, 4.69) is 16.0 Å². The fraction of sp³-hybridized carbons (Fsp3) is 0.478. The Morgan fingerprint density at radius 1 is 0.861 bits per heavy atom. The highest BCUT2D eigenvalue weighted by Crippen LogP contribution is 2.10. The van der Waals surface area contributed by atoms with Gasteiger partial charge in [-0.1, -0.05) is 50.6 Å². The topological polar surface area (TPSA) is 231 Å². The minimum Gasteiger partial charge on any atom is -0.481 e. The summed E-state index contributed by atoms with van der Waals surface area (Å²) in [5.74, 6) is -6.75. The second-order valence-corrected chi connectivity index (χ2v) is 8.40. The van der Waals surface area contributed by atoms with E-state index in [0.29, 0.717) is 12.0 Å². The minimum absolute atomic E-state index is 0.0415. The predicted octanol–water partition coefficient (Wildman–Crippen LogP) is -1.51. The maximum atomic E-state index is 13.1. The molecule has 13 heteroatoms. The molecule has 0 spiro atoms. The maximum absolute atomic E-state index is 13.1. The van der Waals surface area contributed by atoms with Crippen molar-refractivity contribution in [3.63, 3.8) is 0 Å². The smallest absolute Gasteiger partial charge is 0.326 e. The van der Waals surface area contributed by atoms with Crippen LogP contribution in [0.3, 0.4) is 0 Å². The summed E-state index contributed by atoms with van der Waals surface area (Å²) in [6.07, 6.45) is -0.949. The Morgan fingerprint density at radius 2 is 1.42 bits per heavy atom. The summed E-state index contributed by atoms with van der Waals surface area (Å²) >= 11 is 0. The molecule has 0 saturated heterocycles. The molecule has 0 saturated carbocycles. The average molecular weight is 508 g/mol. The van der Waals surface area contributed by atoms with E-state index >= 15 is 0 Å². The zero-order chi connectivity index (χ0) is 27.4. The molecule has 1 aromatic carbocycles. The molecule has 198 valence electrons. The van der Waals surface area contributed by atoms with Gasteiger partial charge in [0.15, 0.2) is 0 Å². The monoisotopic (exact) mass is 507 g/mol. The van der Waals surface area contributed by atoms with Gasteiger partial charge in [-0.3, -0.25) is 24.0 Å². The lowest BCUT2D eigenvalue weighted by molar-refractivity contribution is -0.144. The number of nitrogens with one attached hydrogen (secondary N) is 3. The Balaban J connectivity index is 3.16. The van der Waals surface area contributed by atoms with Crippen molar-refractivity contribution in [2.24, 2.45) is 17.4 Å². The van der Waals surface area contributed by atoms with Crippen LogP contribution in [-0.2, 0) is 35.2 Å². The molecule has 0 fully saturated rings. The van der Waals surface area contributed by atoms with E-state index in [1.807, 2.05) is 0 Å². The molecule has 4 amide bonds. The number of aliphatic carboxylic acids is 2. The summed E-state index contributed by atoms with van der Waals surface area (Å²) in [5.41, 5.74) is 11.2. The zero-order valence-electron chi connectivity index (χ0n) is 20.1.